The summed E-state index contributed by atoms with van der Waals surface area (Å²) in [5.74, 6) is 0.152. The second-order valence-electron chi connectivity index (χ2n) is 4.56. The van der Waals surface area contributed by atoms with Crippen LogP contribution in [0.1, 0.15) is 31.7 Å². The summed E-state index contributed by atoms with van der Waals surface area (Å²) >= 11 is 0. The van der Waals surface area contributed by atoms with Gasteiger partial charge < -0.3 is 14.8 Å². The number of aryl methyl sites for hydroxylation is 1. The predicted molar refractivity (Wildman–Crippen MR) is 74.2 cm³/mol. The van der Waals surface area contributed by atoms with E-state index in [4.69, 9.17) is 4.74 Å². The predicted octanol–water partition coefficient (Wildman–Crippen LogP) is 3.15. The maximum Gasteiger partial charge on any atom is 0.305 e. The molecule has 0 radical (unpaired) electrons. The van der Waals surface area contributed by atoms with E-state index in [-0.39, 0.29) is 11.7 Å². The number of hydrogen-bond acceptors (Lipinski definition) is 3. The van der Waals surface area contributed by atoms with Gasteiger partial charge in [0.05, 0.1) is 6.61 Å². The summed E-state index contributed by atoms with van der Waals surface area (Å²) < 4.78 is 4.89. The van der Waals surface area contributed by atoms with Crippen LogP contribution in [0.15, 0.2) is 24.4 Å². The standard InChI is InChI=1S/C15H19NO3/c1-2-19-15(18)6-4-3-5-11-10-16-14-8-7-12(17)9-13(11)14/h7-10,16-17H,2-6H2,1H3. The third-order valence-electron chi connectivity index (χ3n) is 3.13. The summed E-state index contributed by atoms with van der Waals surface area (Å²) in [7, 11) is 0. The fourth-order valence-corrected chi connectivity index (χ4v) is 2.19. The number of H-pyrrole nitrogens is 1. The van der Waals surface area contributed by atoms with Gasteiger partial charge in [0, 0.05) is 23.5 Å². The number of rotatable bonds is 6. The van der Waals surface area contributed by atoms with Gasteiger partial charge in [-0.3, -0.25) is 4.79 Å². The van der Waals surface area contributed by atoms with E-state index in [9.17, 15) is 9.90 Å². The van der Waals surface area contributed by atoms with E-state index in [0.29, 0.717) is 13.0 Å². The number of nitrogens with one attached hydrogen (secondary N) is 1. The minimum absolute atomic E-state index is 0.126. The van der Waals surface area contributed by atoms with E-state index >= 15 is 0 Å². The van der Waals surface area contributed by atoms with Crippen molar-refractivity contribution in [3.8, 4) is 5.75 Å². The summed E-state index contributed by atoms with van der Waals surface area (Å²) in [4.78, 5) is 14.4. The van der Waals surface area contributed by atoms with E-state index in [2.05, 4.69) is 4.98 Å². The number of unbranched alkanes of at least 4 members (excludes halogenated alkanes) is 1. The van der Waals surface area contributed by atoms with Gasteiger partial charge >= 0.3 is 5.97 Å². The summed E-state index contributed by atoms with van der Waals surface area (Å²) in [5.41, 5.74) is 2.20. The van der Waals surface area contributed by atoms with Gasteiger partial charge in [-0.2, -0.15) is 0 Å². The van der Waals surface area contributed by atoms with Gasteiger partial charge in [-0.25, -0.2) is 0 Å². The quantitative estimate of drug-likeness (QED) is 0.620. The topological polar surface area (TPSA) is 62.3 Å². The van der Waals surface area contributed by atoms with Crippen LogP contribution in [0, 0.1) is 0 Å². The van der Waals surface area contributed by atoms with E-state index in [1.54, 1.807) is 12.1 Å². The van der Waals surface area contributed by atoms with Gasteiger partial charge in [0.25, 0.3) is 0 Å². The number of phenolic OH excluding ortho intramolecular Hbond substituents is 1. The van der Waals surface area contributed by atoms with Gasteiger partial charge in [-0.15, -0.1) is 0 Å². The van der Waals surface area contributed by atoms with Crippen LogP contribution in [0.3, 0.4) is 0 Å². The summed E-state index contributed by atoms with van der Waals surface area (Å²) in [6.45, 7) is 2.26. The first-order valence-corrected chi connectivity index (χ1v) is 6.65. The maximum atomic E-state index is 11.2. The van der Waals surface area contributed by atoms with Crippen LogP contribution in [0.2, 0.25) is 0 Å². The second-order valence-corrected chi connectivity index (χ2v) is 4.56. The number of benzene rings is 1. The number of carbonyl (C=O) groups is 1. The van der Waals surface area contributed by atoms with Crippen molar-refractivity contribution < 1.29 is 14.6 Å². The Morgan fingerprint density at radius 3 is 3.00 bits per heavy atom. The van der Waals surface area contributed by atoms with E-state index in [1.165, 1.54) is 5.56 Å². The molecule has 0 unspecified atom stereocenters. The highest BCUT2D eigenvalue weighted by molar-refractivity contribution is 5.84. The summed E-state index contributed by atoms with van der Waals surface area (Å²) in [6.07, 6.45) is 5.09. The molecule has 1 aromatic carbocycles. The zero-order valence-electron chi connectivity index (χ0n) is 11.1. The third kappa shape index (κ3) is 3.50. The van der Waals surface area contributed by atoms with Gasteiger partial charge in [-0.1, -0.05) is 0 Å². The van der Waals surface area contributed by atoms with E-state index in [0.717, 1.165) is 30.2 Å². The Hall–Kier alpha value is -1.97. The average molecular weight is 261 g/mol. The summed E-state index contributed by atoms with van der Waals surface area (Å²) in [6, 6.07) is 5.31. The number of fused-ring (bicyclic) bond motifs is 1. The van der Waals surface area contributed by atoms with Crippen LogP contribution >= 0.6 is 0 Å². The molecule has 0 bridgehead atoms. The van der Waals surface area contributed by atoms with Gasteiger partial charge in [0.15, 0.2) is 0 Å². The normalized spacial score (nSPS) is 10.8. The fraction of sp³-hybridized carbons (Fsp3) is 0.400. The zero-order valence-corrected chi connectivity index (χ0v) is 11.1. The molecule has 0 aliphatic carbocycles. The molecule has 0 fully saturated rings. The molecule has 1 heterocycles. The van der Waals surface area contributed by atoms with Crippen molar-refractivity contribution in [2.24, 2.45) is 0 Å². The molecule has 0 amide bonds. The van der Waals surface area contributed by atoms with Crippen molar-refractivity contribution in [2.45, 2.75) is 32.6 Å². The van der Waals surface area contributed by atoms with E-state index < -0.39 is 0 Å². The Bertz CT molecular complexity index is 560. The lowest BCUT2D eigenvalue weighted by Gasteiger charge is -2.02. The Kier molecular flexibility index (Phi) is 4.44. The molecular weight excluding hydrogens is 242 g/mol. The fourth-order valence-electron chi connectivity index (χ4n) is 2.19. The Balaban J connectivity index is 1.88. The first kappa shape index (κ1) is 13.5. The number of ether oxygens (including phenoxy) is 1. The molecule has 4 heteroatoms. The highest BCUT2D eigenvalue weighted by atomic mass is 16.5. The van der Waals surface area contributed by atoms with Crippen molar-refractivity contribution in [2.75, 3.05) is 6.61 Å². The Morgan fingerprint density at radius 1 is 1.37 bits per heavy atom. The number of aromatic nitrogens is 1. The Morgan fingerprint density at radius 2 is 2.21 bits per heavy atom. The molecule has 102 valence electrons. The zero-order chi connectivity index (χ0) is 13.7. The molecule has 2 N–H and O–H groups in total. The highest BCUT2D eigenvalue weighted by Crippen LogP contribution is 2.24. The molecule has 0 saturated heterocycles. The van der Waals surface area contributed by atoms with E-state index in [1.807, 2.05) is 19.2 Å². The Labute approximate surface area is 112 Å². The monoisotopic (exact) mass is 261 g/mol. The molecule has 19 heavy (non-hydrogen) atoms. The van der Waals surface area contributed by atoms with Crippen LogP contribution in [0.25, 0.3) is 10.9 Å². The number of hydrogen-bond donors (Lipinski definition) is 2. The van der Waals surface area contributed by atoms with Gasteiger partial charge in [0.1, 0.15) is 5.75 Å². The number of phenols is 1. The smallest absolute Gasteiger partial charge is 0.305 e. The van der Waals surface area contributed by atoms with Crippen molar-refractivity contribution >= 4 is 16.9 Å². The molecule has 1 aromatic heterocycles. The number of aromatic amines is 1. The largest absolute Gasteiger partial charge is 0.508 e. The maximum absolute atomic E-state index is 11.2. The number of esters is 1. The molecule has 0 saturated carbocycles. The first-order chi connectivity index (χ1) is 9.20. The summed E-state index contributed by atoms with van der Waals surface area (Å²) in [5, 5.41) is 10.6. The lowest BCUT2D eigenvalue weighted by molar-refractivity contribution is -0.143. The number of aromatic hydroxyl groups is 1. The second kappa shape index (κ2) is 6.27. The van der Waals surface area contributed by atoms with Crippen LogP contribution < -0.4 is 0 Å². The SMILES string of the molecule is CCOC(=O)CCCCc1c[nH]c2ccc(O)cc12. The van der Waals surface area contributed by atoms with Crippen molar-refractivity contribution in [1.29, 1.82) is 0 Å². The molecule has 4 nitrogen and oxygen atoms in total. The minimum atomic E-state index is -0.126. The molecule has 0 atom stereocenters. The molecular formula is C15H19NO3. The molecule has 0 spiro atoms. The third-order valence-corrected chi connectivity index (χ3v) is 3.13. The molecule has 2 aromatic rings. The van der Waals surface area contributed by atoms with Crippen molar-refractivity contribution in [3.05, 3.63) is 30.0 Å². The number of carbonyl (C=O) groups excluding carboxylic acids is 1. The highest BCUT2D eigenvalue weighted by Gasteiger charge is 2.06. The van der Waals surface area contributed by atoms with Crippen LogP contribution in [-0.4, -0.2) is 22.7 Å². The first-order valence-electron chi connectivity index (χ1n) is 6.65. The van der Waals surface area contributed by atoms with Crippen LogP contribution in [0.4, 0.5) is 0 Å². The average Bonchev–Trinajstić information content (AvgIpc) is 2.77. The molecule has 2 rings (SSSR count). The van der Waals surface area contributed by atoms with Crippen molar-refractivity contribution in [1.82, 2.24) is 4.98 Å². The van der Waals surface area contributed by atoms with Crippen LogP contribution in [-0.2, 0) is 16.0 Å². The lowest BCUT2D eigenvalue weighted by Crippen LogP contribution is -2.03. The van der Waals surface area contributed by atoms with Crippen LogP contribution in [0.5, 0.6) is 5.75 Å². The molecule has 0 aliphatic heterocycles. The lowest BCUT2D eigenvalue weighted by atomic mass is 10.1. The van der Waals surface area contributed by atoms with Gasteiger partial charge in [-0.05, 0) is 49.9 Å². The minimum Gasteiger partial charge on any atom is -0.508 e. The van der Waals surface area contributed by atoms with Gasteiger partial charge in [0.2, 0.25) is 0 Å². The molecule has 0 aliphatic rings. The van der Waals surface area contributed by atoms with Crippen molar-refractivity contribution in [3.63, 3.8) is 0 Å².